The molecule has 1 fully saturated rings. The highest BCUT2D eigenvalue weighted by Crippen LogP contribution is 2.37. The summed E-state index contributed by atoms with van der Waals surface area (Å²) < 4.78 is 14.1. The second kappa shape index (κ2) is 5.36. The summed E-state index contributed by atoms with van der Waals surface area (Å²) in [6.07, 6.45) is 0.681. The molecule has 1 nitrogen and oxygen atoms in total. The molecule has 0 amide bonds. The summed E-state index contributed by atoms with van der Waals surface area (Å²) in [5.41, 5.74) is 1.47. The molecule has 1 heterocycles. The van der Waals surface area contributed by atoms with Gasteiger partial charge in [-0.05, 0) is 29.7 Å². The quantitative estimate of drug-likeness (QED) is 0.895. The fraction of sp³-hybridized carbons (Fsp3) is 0.250. The largest absolute Gasteiger partial charge is 0.315 e. The van der Waals surface area contributed by atoms with Gasteiger partial charge in [0.05, 0.1) is 10.0 Å². The molecule has 2 aromatic carbocycles. The topological polar surface area (TPSA) is 12.0 Å². The lowest BCUT2D eigenvalue weighted by Crippen LogP contribution is -2.58. The Hall–Kier alpha value is -1.09. The Morgan fingerprint density at radius 1 is 1.05 bits per heavy atom. The summed E-state index contributed by atoms with van der Waals surface area (Å²) in [4.78, 5) is 0. The van der Waals surface area contributed by atoms with Crippen molar-refractivity contribution in [2.45, 2.75) is 11.8 Å². The molecule has 4 heteroatoms. The van der Waals surface area contributed by atoms with Gasteiger partial charge in [0.1, 0.15) is 5.82 Å². The van der Waals surface area contributed by atoms with Crippen LogP contribution in [0.5, 0.6) is 0 Å². The van der Waals surface area contributed by atoms with E-state index in [-0.39, 0.29) is 11.2 Å². The second-order valence-electron chi connectivity index (χ2n) is 5.25. The van der Waals surface area contributed by atoms with E-state index in [0.717, 1.165) is 24.2 Å². The van der Waals surface area contributed by atoms with Gasteiger partial charge in [-0.15, -0.1) is 0 Å². The maximum Gasteiger partial charge on any atom is 0.127 e. The van der Waals surface area contributed by atoms with Crippen LogP contribution in [0, 0.1) is 5.82 Å². The van der Waals surface area contributed by atoms with Crippen LogP contribution in [0.3, 0.4) is 0 Å². The first kappa shape index (κ1) is 13.9. The highest BCUT2D eigenvalue weighted by Gasteiger charge is 2.40. The molecule has 20 heavy (non-hydrogen) atoms. The van der Waals surface area contributed by atoms with Gasteiger partial charge in [-0.25, -0.2) is 4.39 Å². The zero-order valence-electron chi connectivity index (χ0n) is 10.8. The Kier molecular flexibility index (Phi) is 3.72. The highest BCUT2D eigenvalue weighted by molar-refractivity contribution is 6.42. The zero-order valence-corrected chi connectivity index (χ0v) is 12.3. The zero-order chi connectivity index (χ0) is 14.2. The molecule has 0 unspecified atom stereocenters. The van der Waals surface area contributed by atoms with Crippen LogP contribution in [-0.4, -0.2) is 13.1 Å². The van der Waals surface area contributed by atoms with Gasteiger partial charge in [-0.3, -0.25) is 0 Å². The van der Waals surface area contributed by atoms with Crippen molar-refractivity contribution in [2.24, 2.45) is 0 Å². The molecule has 1 N–H and O–H groups in total. The molecule has 0 aromatic heterocycles. The van der Waals surface area contributed by atoms with Crippen molar-refractivity contribution in [3.8, 4) is 0 Å². The van der Waals surface area contributed by atoms with E-state index in [1.807, 2.05) is 24.3 Å². The maximum absolute atomic E-state index is 14.1. The summed E-state index contributed by atoms with van der Waals surface area (Å²) in [5, 5.41) is 4.35. The van der Waals surface area contributed by atoms with E-state index in [1.165, 1.54) is 6.07 Å². The van der Waals surface area contributed by atoms with E-state index in [9.17, 15) is 4.39 Å². The van der Waals surface area contributed by atoms with Gasteiger partial charge in [0.15, 0.2) is 0 Å². The molecule has 0 saturated carbocycles. The number of rotatable bonds is 3. The van der Waals surface area contributed by atoms with Gasteiger partial charge < -0.3 is 5.32 Å². The molecule has 0 aliphatic carbocycles. The predicted molar refractivity (Wildman–Crippen MR) is 81.1 cm³/mol. The maximum atomic E-state index is 14.1. The van der Waals surface area contributed by atoms with Crippen LogP contribution in [0.4, 0.5) is 4.39 Å². The fourth-order valence-corrected chi connectivity index (χ4v) is 3.17. The fourth-order valence-electron chi connectivity index (χ4n) is 2.78. The molecule has 1 aliphatic rings. The first-order valence-corrected chi connectivity index (χ1v) is 7.27. The predicted octanol–water partition coefficient (Wildman–Crippen LogP) is 4.22. The van der Waals surface area contributed by atoms with E-state index >= 15 is 0 Å². The molecule has 1 aliphatic heterocycles. The molecular weight excluding hydrogens is 296 g/mol. The average Bonchev–Trinajstić information content (AvgIpc) is 2.40. The lowest BCUT2D eigenvalue weighted by Gasteiger charge is -2.43. The van der Waals surface area contributed by atoms with Crippen molar-refractivity contribution in [3.05, 3.63) is 69.5 Å². The van der Waals surface area contributed by atoms with E-state index in [1.54, 1.807) is 12.1 Å². The number of halogens is 3. The number of benzene rings is 2. The van der Waals surface area contributed by atoms with Crippen LogP contribution in [0.2, 0.25) is 10.0 Å². The molecule has 1 saturated heterocycles. The van der Waals surface area contributed by atoms with Gasteiger partial charge >= 0.3 is 0 Å². The Labute approximate surface area is 127 Å². The summed E-state index contributed by atoms with van der Waals surface area (Å²) in [6, 6.07) is 12.6. The van der Waals surface area contributed by atoms with E-state index in [2.05, 4.69) is 5.32 Å². The van der Waals surface area contributed by atoms with Crippen LogP contribution in [0.25, 0.3) is 0 Å². The Balaban J connectivity index is 1.99. The molecular formula is C16H14Cl2FN. The van der Waals surface area contributed by atoms with Crippen molar-refractivity contribution in [3.63, 3.8) is 0 Å². The standard InChI is InChI=1S/C16H14Cl2FN/c17-13-6-3-4-11(15(13)18)8-16(9-20-10-16)12-5-1-2-7-14(12)19/h1-7,20H,8-10H2. The SMILES string of the molecule is Fc1ccccc1C1(Cc2cccc(Cl)c2Cl)CNC1. The van der Waals surface area contributed by atoms with Crippen LogP contribution in [0.1, 0.15) is 11.1 Å². The summed E-state index contributed by atoms with van der Waals surface area (Å²) in [7, 11) is 0. The molecule has 0 atom stereocenters. The number of hydrogen-bond acceptors (Lipinski definition) is 1. The van der Waals surface area contributed by atoms with Gasteiger partial charge in [0.2, 0.25) is 0 Å². The van der Waals surface area contributed by atoms with Gasteiger partial charge in [-0.1, -0.05) is 53.5 Å². The normalized spacial score (nSPS) is 16.8. The van der Waals surface area contributed by atoms with Crippen molar-refractivity contribution in [1.29, 1.82) is 0 Å². The Morgan fingerprint density at radius 3 is 2.45 bits per heavy atom. The van der Waals surface area contributed by atoms with Crippen LogP contribution in [-0.2, 0) is 11.8 Å². The molecule has 2 aromatic rings. The van der Waals surface area contributed by atoms with Crippen molar-refractivity contribution < 1.29 is 4.39 Å². The van der Waals surface area contributed by atoms with Crippen molar-refractivity contribution >= 4 is 23.2 Å². The molecule has 0 bridgehead atoms. The third kappa shape index (κ3) is 2.32. The molecule has 0 radical (unpaired) electrons. The summed E-state index contributed by atoms with van der Waals surface area (Å²) in [5.74, 6) is -0.160. The summed E-state index contributed by atoms with van der Waals surface area (Å²) in [6.45, 7) is 1.49. The van der Waals surface area contributed by atoms with Gasteiger partial charge in [0.25, 0.3) is 0 Å². The van der Waals surface area contributed by atoms with E-state index in [0.29, 0.717) is 16.5 Å². The Morgan fingerprint density at radius 2 is 1.80 bits per heavy atom. The van der Waals surface area contributed by atoms with Gasteiger partial charge in [0, 0.05) is 18.5 Å². The first-order valence-electron chi connectivity index (χ1n) is 6.51. The summed E-state index contributed by atoms with van der Waals surface area (Å²) >= 11 is 12.3. The van der Waals surface area contributed by atoms with Gasteiger partial charge in [-0.2, -0.15) is 0 Å². The second-order valence-corrected chi connectivity index (χ2v) is 6.04. The average molecular weight is 310 g/mol. The lowest BCUT2D eigenvalue weighted by atomic mass is 9.71. The Bertz CT molecular complexity index is 638. The van der Waals surface area contributed by atoms with E-state index in [4.69, 9.17) is 23.2 Å². The van der Waals surface area contributed by atoms with E-state index < -0.39 is 0 Å². The first-order chi connectivity index (χ1) is 9.62. The minimum Gasteiger partial charge on any atom is -0.315 e. The third-order valence-electron chi connectivity index (χ3n) is 3.93. The van der Waals surface area contributed by atoms with Crippen molar-refractivity contribution in [2.75, 3.05) is 13.1 Å². The molecule has 3 rings (SSSR count). The van der Waals surface area contributed by atoms with Crippen LogP contribution >= 0.6 is 23.2 Å². The highest BCUT2D eigenvalue weighted by atomic mass is 35.5. The number of hydrogen-bond donors (Lipinski definition) is 1. The van der Waals surface area contributed by atoms with Crippen molar-refractivity contribution in [1.82, 2.24) is 5.32 Å². The molecule has 104 valence electrons. The van der Waals surface area contributed by atoms with Crippen LogP contribution < -0.4 is 5.32 Å². The minimum atomic E-state index is -0.236. The number of nitrogens with one attached hydrogen (secondary N) is 1. The smallest absolute Gasteiger partial charge is 0.127 e. The van der Waals surface area contributed by atoms with Crippen LogP contribution in [0.15, 0.2) is 42.5 Å². The minimum absolute atomic E-state index is 0.160. The monoisotopic (exact) mass is 309 g/mol. The lowest BCUT2D eigenvalue weighted by molar-refractivity contribution is 0.266. The third-order valence-corrected chi connectivity index (χ3v) is 4.79. The molecule has 0 spiro atoms.